The molecule has 27 heavy (non-hydrogen) atoms. The van der Waals surface area contributed by atoms with E-state index in [0.29, 0.717) is 6.04 Å². The van der Waals surface area contributed by atoms with Crippen LogP contribution in [0, 0.1) is 6.92 Å². The van der Waals surface area contributed by atoms with Gasteiger partial charge >= 0.3 is 0 Å². The van der Waals surface area contributed by atoms with Crippen LogP contribution in [0.15, 0.2) is 40.3 Å². The average molecular weight is 387 g/mol. The summed E-state index contributed by atoms with van der Waals surface area (Å²) in [4.78, 5) is 3.92. The molecule has 144 valence electrons. The summed E-state index contributed by atoms with van der Waals surface area (Å²) < 4.78 is 11.5. The van der Waals surface area contributed by atoms with Crippen molar-refractivity contribution in [2.45, 2.75) is 32.5 Å². The number of H-pyrrole nitrogens is 1. The zero-order valence-electron chi connectivity index (χ0n) is 15.8. The third-order valence-electron chi connectivity index (χ3n) is 4.94. The molecule has 6 nitrogen and oxygen atoms in total. The first-order valence-electron chi connectivity index (χ1n) is 9.39. The number of ether oxygens (including phenoxy) is 1. The zero-order chi connectivity index (χ0) is 18.6. The molecule has 1 aliphatic rings. The van der Waals surface area contributed by atoms with Gasteiger partial charge in [-0.05, 0) is 37.4 Å². The number of aromatic nitrogens is 2. The van der Waals surface area contributed by atoms with Gasteiger partial charge in [0.2, 0.25) is 0 Å². The van der Waals surface area contributed by atoms with E-state index in [0.717, 1.165) is 55.6 Å². The highest BCUT2D eigenvalue weighted by Crippen LogP contribution is 2.27. The molecule has 2 unspecified atom stereocenters. The van der Waals surface area contributed by atoms with Gasteiger partial charge in [0.1, 0.15) is 11.5 Å². The Kier molecular flexibility index (Phi) is 5.73. The standard InChI is InChI=1S/C20H26N4O2S/c1-14-5-6-18(26-14)20-16(11-22-23-20)10-21-12-17(19-4-3-9-27-19)24-7-8-25-15(2)13-24/h3-6,9,11,15,17,21H,7-8,10,12-13H2,1-2H3,(H,22,23). The number of furan rings is 1. The lowest BCUT2D eigenvalue weighted by Crippen LogP contribution is -2.45. The highest BCUT2D eigenvalue weighted by Gasteiger charge is 2.26. The van der Waals surface area contributed by atoms with Gasteiger partial charge in [-0.25, -0.2) is 0 Å². The Bertz CT molecular complexity index is 842. The molecule has 4 heterocycles. The minimum atomic E-state index is 0.281. The van der Waals surface area contributed by atoms with E-state index in [4.69, 9.17) is 9.15 Å². The van der Waals surface area contributed by atoms with Gasteiger partial charge in [-0.15, -0.1) is 11.3 Å². The van der Waals surface area contributed by atoms with Gasteiger partial charge in [-0.2, -0.15) is 5.10 Å². The van der Waals surface area contributed by atoms with Crippen molar-refractivity contribution in [3.8, 4) is 11.5 Å². The van der Waals surface area contributed by atoms with E-state index in [9.17, 15) is 0 Å². The molecular weight excluding hydrogens is 360 g/mol. The largest absolute Gasteiger partial charge is 0.460 e. The number of nitrogens with one attached hydrogen (secondary N) is 2. The molecule has 1 aliphatic heterocycles. The van der Waals surface area contributed by atoms with Gasteiger partial charge in [-0.3, -0.25) is 10.00 Å². The van der Waals surface area contributed by atoms with E-state index in [1.807, 2.05) is 36.6 Å². The average Bonchev–Trinajstić information content (AvgIpc) is 3.40. The second-order valence-corrected chi connectivity index (χ2v) is 8.00. The Balaban J connectivity index is 1.42. The predicted molar refractivity (Wildman–Crippen MR) is 107 cm³/mol. The minimum Gasteiger partial charge on any atom is -0.460 e. The smallest absolute Gasteiger partial charge is 0.152 e. The lowest BCUT2D eigenvalue weighted by atomic mass is 10.1. The predicted octanol–water partition coefficient (Wildman–Crippen LogP) is 3.59. The number of aromatic amines is 1. The van der Waals surface area contributed by atoms with Crippen LogP contribution >= 0.6 is 11.3 Å². The molecule has 0 bridgehead atoms. The van der Waals surface area contributed by atoms with Crippen molar-refractivity contribution in [1.82, 2.24) is 20.4 Å². The van der Waals surface area contributed by atoms with Gasteiger partial charge in [0, 0.05) is 36.6 Å². The molecule has 3 aromatic rings. The summed E-state index contributed by atoms with van der Waals surface area (Å²) in [7, 11) is 0. The van der Waals surface area contributed by atoms with Crippen LogP contribution < -0.4 is 5.32 Å². The number of rotatable bonds is 7. The van der Waals surface area contributed by atoms with Crippen LogP contribution in [-0.4, -0.2) is 47.4 Å². The molecule has 3 aromatic heterocycles. The highest BCUT2D eigenvalue weighted by molar-refractivity contribution is 7.10. The number of hydrogen-bond donors (Lipinski definition) is 2. The number of morpholine rings is 1. The summed E-state index contributed by atoms with van der Waals surface area (Å²) in [5.74, 6) is 1.73. The van der Waals surface area contributed by atoms with E-state index >= 15 is 0 Å². The van der Waals surface area contributed by atoms with Gasteiger partial charge in [0.15, 0.2) is 5.76 Å². The Morgan fingerprint density at radius 1 is 1.41 bits per heavy atom. The maximum atomic E-state index is 5.74. The van der Waals surface area contributed by atoms with Crippen LogP contribution in [0.5, 0.6) is 0 Å². The third-order valence-corrected chi connectivity index (χ3v) is 5.92. The maximum absolute atomic E-state index is 5.74. The molecule has 2 atom stereocenters. The van der Waals surface area contributed by atoms with Crippen molar-refractivity contribution in [2.24, 2.45) is 0 Å². The van der Waals surface area contributed by atoms with Crippen molar-refractivity contribution in [3.63, 3.8) is 0 Å². The minimum absolute atomic E-state index is 0.281. The van der Waals surface area contributed by atoms with Gasteiger partial charge in [0.05, 0.1) is 24.9 Å². The van der Waals surface area contributed by atoms with Crippen LogP contribution in [0.2, 0.25) is 0 Å². The monoisotopic (exact) mass is 386 g/mol. The molecule has 1 fully saturated rings. The SMILES string of the molecule is Cc1ccc(-c2[nH]ncc2CNCC(c2cccs2)N2CCOC(C)C2)o1. The topological polar surface area (TPSA) is 66.3 Å². The van der Waals surface area contributed by atoms with Gasteiger partial charge in [0.25, 0.3) is 0 Å². The summed E-state index contributed by atoms with van der Waals surface area (Å²) >= 11 is 1.82. The van der Waals surface area contributed by atoms with Crippen LogP contribution in [-0.2, 0) is 11.3 Å². The Hall–Kier alpha value is -1.93. The third kappa shape index (κ3) is 4.32. The second kappa shape index (κ2) is 8.39. The normalized spacial score (nSPS) is 19.4. The summed E-state index contributed by atoms with van der Waals surface area (Å²) in [6.07, 6.45) is 2.15. The highest BCUT2D eigenvalue weighted by atomic mass is 32.1. The molecule has 2 N–H and O–H groups in total. The molecule has 0 aromatic carbocycles. The van der Waals surface area contributed by atoms with Crippen LogP contribution in [0.4, 0.5) is 0 Å². The molecular formula is C20H26N4O2S. The Morgan fingerprint density at radius 2 is 2.33 bits per heavy atom. The van der Waals surface area contributed by atoms with Gasteiger partial charge in [-0.1, -0.05) is 6.07 Å². The number of hydrogen-bond acceptors (Lipinski definition) is 6. The fourth-order valence-corrected chi connectivity index (χ4v) is 4.45. The molecule has 4 rings (SSSR count). The zero-order valence-corrected chi connectivity index (χ0v) is 16.6. The van der Waals surface area contributed by atoms with Gasteiger partial charge < -0.3 is 14.5 Å². The first kappa shape index (κ1) is 18.4. The molecule has 0 amide bonds. The lowest BCUT2D eigenvalue weighted by Gasteiger charge is -2.37. The number of thiophene rings is 1. The lowest BCUT2D eigenvalue weighted by molar-refractivity contribution is -0.0339. The van der Waals surface area contributed by atoms with Crippen LogP contribution in [0.3, 0.4) is 0 Å². The molecule has 0 spiro atoms. The van der Waals surface area contributed by atoms with Crippen molar-refractivity contribution in [1.29, 1.82) is 0 Å². The molecule has 0 radical (unpaired) electrons. The van der Waals surface area contributed by atoms with Crippen molar-refractivity contribution in [2.75, 3.05) is 26.2 Å². The summed E-state index contributed by atoms with van der Waals surface area (Å²) in [6.45, 7) is 8.46. The van der Waals surface area contributed by atoms with Crippen molar-refractivity contribution < 1.29 is 9.15 Å². The van der Waals surface area contributed by atoms with Crippen LogP contribution in [0.25, 0.3) is 11.5 Å². The first-order valence-corrected chi connectivity index (χ1v) is 10.3. The van der Waals surface area contributed by atoms with E-state index < -0.39 is 0 Å². The molecule has 0 saturated carbocycles. The summed E-state index contributed by atoms with van der Waals surface area (Å²) in [5.41, 5.74) is 2.06. The van der Waals surface area contributed by atoms with Crippen LogP contribution in [0.1, 0.15) is 29.2 Å². The number of aryl methyl sites for hydroxylation is 1. The fraction of sp³-hybridized carbons (Fsp3) is 0.450. The molecule has 7 heteroatoms. The van der Waals surface area contributed by atoms with E-state index in [1.54, 1.807) is 0 Å². The Morgan fingerprint density at radius 3 is 3.07 bits per heavy atom. The first-order chi connectivity index (χ1) is 13.2. The van der Waals surface area contributed by atoms with E-state index in [2.05, 4.69) is 44.9 Å². The Labute approximate surface area is 163 Å². The van der Waals surface area contributed by atoms with Crippen molar-refractivity contribution in [3.05, 3.63) is 52.0 Å². The quantitative estimate of drug-likeness (QED) is 0.650. The van der Waals surface area contributed by atoms with E-state index in [1.165, 1.54) is 4.88 Å². The van der Waals surface area contributed by atoms with Crippen molar-refractivity contribution >= 4 is 11.3 Å². The van der Waals surface area contributed by atoms with E-state index in [-0.39, 0.29) is 6.10 Å². The maximum Gasteiger partial charge on any atom is 0.152 e. The summed E-state index contributed by atoms with van der Waals surface area (Å²) in [6, 6.07) is 8.67. The molecule has 0 aliphatic carbocycles. The molecule has 1 saturated heterocycles. The fourth-order valence-electron chi connectivity index (χ4n) is 3.59. The number of nitrogens with zero attached hydrogens (tertiary/aromatic N) is 2. The second-order valence-electron chi connectivity index (χ2n) is 7.02. The summed E-state index contributed by atoms with van der Waals surface area (Å²) in [5, 5.41) is 13.0.